The van der Waals surface area contributed by atoms with Crippen LogP contribution in [0, 0.1) is 20.8 Å². The fourth-order valence-electron chi connectivity index (χ4n) is 3.84. The van der Waals surface area contributed by atoms with Gasteiger partial charge in [0.15, 0.2) is 0 Å². The molecule has 1 aliphatic heterocycles. The predicted octanol–water partition coefficient (Wildman–Crippen LogP) is 4.28. The molecule has 1 atom stereocenters. The molecule has 5 nitrogen and oxygen atoms in total. The van der Waals surface area contributed by atoms with E-state index in [4.69, 9.17) is 0 Å². The summed E-state index contributed by atoms with van der Waals surface area (Å²) in [6.45, 7) is 8.91. The van der Waals surface area contributed by atoms with E-state index in [0.717, 1.165) is 41.5 Å². The summed E-state index contributed by atoms with van der Waals surface area (Å²) in [5, 5.41) is 3.03. The van der Waals surface area contributed by atoms with Crippen molar-refractivity contribution in [1.82, 2.24) is 9.62 Å². The van der Waals surface area contributed by atoms with Gasteiger partial charge in [-0.05, 0) is 69.4 Å². The first kappa shape index (κ1) is 21.5. The summed E-state index contributed by atoms with van der Waals surface area (Å²) in [4.78, 5) is 13.2. The molecule has 29 heavy (non-hydrogen) atoms. The molecule has 0 aromatic heterocycles. The molecular formula is C23H30N2O3S. The largest absolute Gasteiger partial charge is 0.345 e. The van der Waals surface area contributed by atoms with E-state index in [1.54, 1.807) is 12.1 Å². The van der Waals surface area contributed by atoms with Crippen molar-refractivity contribution in [2.45, 2.75) is 57.9 Å². The quantitative estimate of drug-likeness (QED) is 0.794. The van der Waals surface area contributed by atoms with Crippen molar-refractivity contribution in [2.24, 2.45) is 0 Å². The number of hydrogen-bond donors (Lipinski definition) is 1. The van der Waals surface area contributed by atoms with Gasteiger partial charge in [-0.25, -0.2) is 8.42 Å². The Labute approximate surface area is 174 Å². The number of rotatable bonds is 5. The second-order valence-corrected chi connectivity index (χ2v) is 9.93. The molecule has 6 heteroatoms. The third-order valence-corrected chi connectivity index (χ3v) is 7.55. The lowest BCUT2D eigenvalue weighted by Gasteiger charge is -2.26. The van der Waals surface area contributed by atoms with Crippen LogP contribution in [-0.2, 0) is 10.0 Å². The molecule has 2 aromatic rings. The molecule has 0 unspecified atom stereocenters. The average Bonchev–Trinajstić information content (AvgIpc) is 2.70. The zero-order valence-electron chi connectivity index (χ0n) is 17.7. The van der Waals surface area contributed by atoms with E-state index in [-0.39, 0.29) is 16.8 Å². The molecule has 1 N–H and O–H groups in total. The molecule has 2 aromatic carbocycles. The number of aryl methyl sites for hydroxylation is 3. The second kappa shape index (κ2) is 8.67. The van der Waals surface area contributed by atoms with Crippen molar-refractivity contribution >= 4 is 15.9 Å². The molecule has 1 fully saturated rings. The highest BCUT2D eigenvalue weighted by molar-refractivity contribution is 7.89. The van der Waals surface area contributed by atoms with Crippen LogP contribution in [0.2, 0.25) is 0 Å². The summed E-state index contributed by atoms with van der Waals surface area (Å²) in [5.41, 5.74) is 4.47. The fourth-order valence-corrected chi connectivity index (χ4v) is 5.38. The molecule has 1 amide bonds. The van der Waals surface area contributed by atoms with Crippen LogP contribution in [0.1, 0.15) is 64.8 Å². The summed E-state index contributed by atoms with van der Waals surface area (Å²) >= 11 is 0. The van der Waals surface area contributed by atoms with E-state index in [1.165, 1.54) is 10.4 Å². The molecule has 3 rings (SSSR count). The van der Waals surface area contributed by atoms with Crippen LogP contribution < -0.4 is 5.32 Å². The van der Waals surface area contributed by atoms with Crippen LogP contribution in [0.5, 0.6) is 0 Å². The van der Waals surface area contributed by atoms with E-state index in [2.05, 4.69) is 11.4 Å². The predicted molar refractivity (Wildman–Crippen MR) is 116 cm³/mol. The fraction of sp³-hybridized carbons (Fsp3) is 0.435. The molecule has 0 saturated carbocycles. The van der Waals surface area contributed by atoms with Crippen molar-refractivity contribution in [3.05, 3.63) is 64.2 Å². The summed E-state index contributed by atoms with van der Waals surface area (Å²) < 4.78 is 27.5. The first-order chi connectivity index (χ1) is 13.7. The van der Waals surface area contributed by atoms with E-state index in [0.29, 0.717) is 18.7 Å². The number of nitrogens with one attached hydrogen (secondary N) is 1. The number of carbonyl (C=O) groups excluding carboxylic acids is 1. The minimum atomic E-state index is -3.57. The van der Waals surface area contributed by atoms with E-state index < -0.39 is 10.0 Å². The monoisotopic (exact) mass is 414 g/mol. The Bertz CT molecular complexity index is 1010. The minimum absolute atomic E-state index is 0.177. The lowest BCUT2D eigenvalue weighted by molar-refractivity contribution is 0.0939. The average molecular weight is 415 g/mol. The summed E-state index contributed by atoms with van der Waals surface area (Å²) in [6.07, 6.45) is 2.82. The molecule has 0 bridgehead atoms. The lowest BCUT2D eigenvalue weighted by atomic mass is 9.99. The van der Waals surface area contributed by atoms with Gasteiger partial charge in [0.2, 0.25) is 10.0 Å². The lowest BCUT2D eigenvalue weighted by Crippen LogP contribution is -2.36. The van der Waals surface area contributed by atoms with E-state index >= 15 is 0 Å². The number of nitrogens with zero attached hydrogens (tertiary/aromatic N) is 1. The van der Waals surface area contributed by atoms with Crippen LogP contribution in [0.4, 0.5) is 0 Å². The SMILES string of the molecule is Cc1ccc(C)c([C@H](C)NC(=O)c2cc(S(=O)(=O)N3CCCCC3)ccc2C)c1. The first-order valence-corrected chi connectivity index (χ1v) is 11.6. The number of hydrogen-bond acceptors (Lipinski definition) is 3. The van der Waals surface area contributed by atoms with Gasteiger partial charge in [-0.2, -0.15) is 4.31 Å². The number of carbonyl (C=O) groups is 1. The smallest absolute Gasteiger partial charge is 0.252 e. The topological polar surface area (TPSA) is 66.5 Å². The van der Waals surface area contributed by atoms with Crippen LogP contribution >= 0.6 is 0 Å². The minimum Gasteiger partial charge on any atom is -0.345 e. The highest BCUT2D eigenvalue weighted by Gasteiger charge is 2.27. The van der Waals surface area contributed by atoms with Crippen molar-refractivity contribution in [3.63, 3.8) is 0 Å². The van der Waals surface area contributed by atoms with Crippen molar-refractivity contribution in [1.29, 1.82) is 0 Å². The highest BCUT2D eigenvalue weighted by Crippen LogP contribution is 2.24. The molecule has 0 aliphatic carbocycles. The first-order valence-electron chi connectivity index (χ1n) is 10.2. The van der Waals surface area contributed by atoms with Crippen molar-refractivity contribution in [2.75, 3.05) is 13.1 Å². The van der Waals surface area contributed by atoms with Gasteiger partial charge in [0, 0.05) is 18.7 Å². The standard InChI is InChI=1S/C23H30N2O3S/c1-16-8-9-17(2)21(14-16)19(4)24-23(26)22-15-20(11-10-18(22)3)29(27,28)25-12-6-5-7-13-25/h8-11,14-15,19H,5-7,12-13H2,1-4H3,(H,24,26)/t19-/m0/s1. The van der Waals surface area contributed by atoms with Crippen LogP contribution in [-0.4, -0.2) is 31.7 Å². The number of sulfonamides is 1. The maximum absolute atomic E-state index is 13.0. The van der Waals surface area contributed by atoms with Gasteiger partial charge in [0.05, 0.1) is 10.9 Å². The van der Waals surface area contributed by atoms with Crippen molar-refractivity contribution < 1.29 is 13.2 Å². The zero-order valence-corrected chi connectivity index (χ0v) is 18.5. The number of amides is 1. The van der Waals surface area contributed by atoms with Crippen LogP contribution in [0.3, 0.4) is 0 Å². The summed E-state index contributed by atoms with van der Waals surface area (Å²) in [6, 6.07) is 10.8. The van der Waals surface area contributed by atoms with Gasteiger partial charge in [-0.15, -0.1) is 0 Å². The van der Waals surface area contributed by atoms with Gasteiger partial charge >= 0.3 is 0 Å². The Balaban J connectivity index is 1.85. The molecule has 0 radical (unpaired) electrons. The maximum Gasteiger partial charge on any atom is 0.252 e. The van der Waals surface area contributed by atoms with Gasteiger partial charge in [0.25, 0.3) is 5.91 Å². The van der Waals surface area contributed by atoms with Crippen molar-refractivity contribution in [3.8, 4) is 0 Å². The molecule has 0 spiro atoms. The molecule has 1 saturated heterocycles. The molecule has 1 heterocycles. The Hall–Kier alpha value is -2.18. The van der Waals surface area contributed by atoms with Gasteiger partial charge in [0.1, 0.15) is 0 Å². The Kier molecular flexibility index (Phi) is 6.44. The molecule has 156 valence electrons. The van der Waals surface area contributed by atoms with Crippen LogP contribution in [0.25, 0.3) is 0 Å². The Morgan fingerprint density at radius 2 is 1.62 bits per heavy atom. The highest BCUT2D eigenvalue weighted by atomic mass is 32.2. The molecule has 1 aliphatic rings. The normalized spacial score (nSPS) is 16.4. The van der Waals surface area contributed by atoms with E-state index in [9.17, 15) is 13.2 Å². The van der Waals surface area contributed by atoms with E-state index in [1.807, 2.05) is 39.8 Å². The Morgan fingerprint density at radius 3 is 2.31 bits per heavy atom. The summed E-state index contributed by atoms with van der Waals surface area (Å²) in [7, 11) is -3.57. The second-order valence-electron chi connectivity index (χ2n) is 8.00. The zero-order chi connectivity index (χ0) is 21.2. The molecular weight excluding hydrogens is 384 g/mol. The maximum atomic E-state index is 13.0. The van der Waals surface area contributed by atoms with Gasteiger partial charge in [-0.1, -0.05) is 36.2 Å². The third-order valence-electron chi connectivity index (χ3n) is 5.66. The summed E-state index contributed by atoms with van der Waals surface area (Å²) in [5.74, 6) is -0.258. The number of benzene rings is 2. The van der Waals surface area contributed by atoms with Gasteiger partial charge in [-0.3, -0.25) is 4.79 Å². The van der Waals surface area contributed by atoms with Gasteiger partial charge < -0.3 is 5.32 Å². The third kappa shape index (κ3) is 4.70. The Morgan fingerprint density at radius 1 is 0.966 bits per heavy atom. The number of piperidine rings is 1. The van der Waals surface area contributed by atoms with Crippen LogP contribution in [0.15, 0.2) is 41.3 Å².